The van der Waals surface area contributed by atoms with Crippen LogP contribution in [0.5, 0.6) is 5.75 Å². The van der Waals surface area contributed by atoms with Crippen molar-refractivity contribution < 1.29 is 18.3 Å². The molecule has 88 valence electrons. The molecular weight excluding hydrogens is 350 g/mol. The lowest BCUT2D eigenvalue weighted by Gasteiger charge is -2.12. The van der Waals surface area contributed by atoms with Gasteiger partial charge in [-0.3, -0.25) is 4.79 Å². The Morgan fingerprint density at radius 1 is 1.44 bits per heavy atom. The van der Waals surface area contributed by atoms with Gasteiger partial charge in [0.05, 0.1) is 5.56 Å². The van der Waals surface area contributed by atoms with Crippen molar-refractivity contribution in [3.05, 3.63) is 26.6 Å². The Hall–Kier alpha value is -0.490. The number of ether oxygens (including phenoxy) is 1. The third-order valence-electron chi connectivity index (χ3n) is 1.87. The van der Waals surface area contributed by atoms with Gasteiger partial charge in [0.25, 0.3) is 0 Å². The summed E-state index contributed by atoms with van der Waals surface area (Å²) in [6, 6.07) is 2.87. The summed E-state index contributed by atoms with van der Waals surface area (Å²) in [6.07, 6.45) is 0.217. The van der Waals surface area contributed by atoms with Gasteiger partial charge in [0.1, 0.15) is 5.75 Å². The summed E-state index contributed by atoms with van der Waals surface area (Å²) in [6.45, 7) is -1.29. The third-order valence-corrected chi connectivity index (χ3v) is 3.89. The molecule has 0 fully saturated rings. The second-order valence-corrected chi connectivity index (χ2v) is 4.54. The Morgan fingerprint density at radius 3 is 2.56 bits per heavy atom. The van der Waals surface area contributed by atoms with Gasteiger partial charge in [0.2, 0.25) is 0 Å². The first kappa shape index (κ1) is 13.6. The summed E-state index contributed by atoms with van der Waals surface area (Å²) in [4.78, 5) is 11.6. The first-order valence-corrected chi connectivity index (χ1v) is 6.02. The maximum absolute atomic E-state index is 12.1. The van der Waals surface area contributed by atoms with E-state index in [1.165, 1.54) is 12.1 Å². The fraction of sp³-hybridized carbons (Fsp3) is 0.300. The van der Waals surface area contributed by atoms with Gasteiger partial charge in [-0.05, 0) is 44.0 Å². The smallest absolute Gasteiger partial charge is 0.387 e. The number of alkyl halides is 2. The number of Topliss-reactive ketones (excluding diaryl/α,β-unsaturated/α-hetero) is 1. The SMILES string of the molecule is CCC(=O)c1c(OC(F)F)ccc(Br)c1Br. The third kappa shape index (κ3) is 3.01. The summed E-state index contributed by atoms with van der Waals surface area (Å²) in [5, 5.41) is 0. The number of carbonyl (C=O) groups is 1. The van der Waals surface area contributed by atoms with Crippen molar-refractivity contribution in [2.45, 2.75) is 20.0 Å². The van der Waals surface area contributed by atoms with Crippen molar-refractivity contribution in [1.82, 2.24) is 0 Å². The van der Waals surface area contributed by atoms with Crippen LogP contribution in [0, 0.1) is 0 Å². The van der Waals surface area contributed by atoms with Gasteiger partial charge in [-0.25, -0.2) is 0 Å². The highest BCUT2D eigenvalue weighted by molar-refractivity contribution is 9.13. The van der Waals surface area contributed by atoms with Crippen LogP contribution < -0.4 is 4.74 Å². The van der Waals surface area contributed by atoms with Gasteiger partial charge in [-0.2, -0.15) is 8.78 Å². The molecule has 0 saturated carbocycles. The van der Waals surface area contributed by atoms with Crippen LogP contribution in [0.2, 0.25) is 0 Å². The maximum atomic E-state index is 12.1. The summed E-state index contributed by atoms with van der Waals surface area (Å²) >= 11 is 6.37. The monoisotopic (exact) mass is 356 g/mol. The molecule has 1 rings (SSSR count). The average Bonchev–Trinajstić information content (AvgIpc) is 2.22. The van der Waals surface area contributed by atoms with Crippen molar-refractivity contribution >= 4 is 37.6 Å². The van der Waals surface area contributed by atoms with E-state index in [-0.39, 0.29) is 23.5 Å². The normalized spacial score (nSPS) is 10.6. The molecule has 0 heterocycles. The molecule has 6 heteroatoms. The van der Waals surface area contributed by atoms with Crippen LogP contribution in [0.15, 0.2) is 21.1 Å². The maximum Gasteiger partial charge on any atom is 0.387 e. The molecular formula is C10H8Br2F2O2. The van der Waals surface area contributed by atoms with E-state index < -0.39 is 6.61 Å². The number of rotatable bonds is 4. The van der Waals surface area contributed by atoms with Crippen LogP contribution in [0.3, 0.4) is 0 Å². The van der Waals surface area contributed by atoms with E-state index in [4.69, 9.17) is 0 Å². The quantitative estimate of drug-likeness (QED) is 0.746. The van der Waals surface area contributed by atoms with E-state index >= 15 is 0 Å². The molecule has 0 unspecified atom stereocenters. The van der Waals surface area contributed by atoms with E-state index in [2.05, 4.69) is 36.6 Å². The van der Waals surface area contributed by atoms with Crippen molar-refractivity contribution in [3.63, 3.8) is 0 Å². The van der Waals surface area contributed by atoms with Gasteiger partial charge in [-0.15, -0.1) is 0 Å². The molecule has 1 aromatic carbocycles. The lowest BCUT2D eigenvalue weighted by atomic mass is 10.1. The average molecular weight is 358 g/mol. The van der Waals surface area contributed by atoms with Crippen molar-refractivity contribution in [3.8, 4) is 5.75 Å². The number of carbonyl (C=O) groups excluding carboxylic acids is 1. The molecule has 0 atom stereocenters. The zero-order valence-corrected chi connectivity index (χ0v) is 11.4. The van der Waals surface area contributed by atoms with Crippen molar-refractivity contribution in [1.29, 1.82) is 0 Å². The fourth-order valence-electron chi connectivity index (χ4n) is 1.16. The highest BCUT2D eigenvalue weighted by Crippen LogP contribution is 2.35. The molecule has 0 aliphatic heterocycles. The summed E-state index contributed by atoms with van der Waals surface area (Å²) < 4.78 is 29.6. The number of benzene rings is 1. The molecule has 16 heavy (non-hydrogen) atoms. The molecule has 0 aromatic heterocycles. The van der Waals surface area contributed by atoms with Crippen LogP contribution in [-0.4, -0.2) is 12.4 Å². The number of ketones is 1. The Balaban J connectivity index is 3.27. The molecule has 0 amide bonds. The number of hydrogen-bond acceptors (Lipinski definition) is 2. The molecule has 0 bridgehead atoms. The minimum atomic E-state index is -2.95. The Labute approximate surface area is 108 Å². The highest BCUT2D eigenvalue weighted by Gasteiger charge is 2.19. The summed E-state index contributed by atoms with van der Waals surface area (Å²) in [5.41, 5.74) is 0.136. The zero-order chi connectivity index (χ0) is 12.3. The Morgan fingerprint density at radius 2 is 2.06 bits per heavy atom. The zero-order valence-electron chi connectivity index (χ0n) is 8.27. The minimum absolute atomic E-state index is 0.114. The van der Waals surface area contributed by atoms with Crippen LogP contribution in [0.25, 0.3) is 0 Å². The Bertz CT molecular complexity index is 408. The van der Waals surface area contributed by atoms with Crippen LogP contribution in [-0.2, 0) is 0 Å². The van der Waals surface area contributed by atoms with Crippen LogP contribution in [0.1, 0.15) is 23.7 Å². The van der Waals surface area contributed by atoms with E-state index in [0.29, 0.717) is 8.95 Å². The fourth-order valence-corrected chi connectivity index (χ4v) is 2.04. The first-order valence-electron chi connectivity index (χ1n) is 4.43. The van der Waals surface area contributed by atoms with E-state index in [9.17, 15) is 13.6 Å². The molecule has 0 N–H and O–H groups in total. The van der Waals surface area contributed by atoms with Gasteiger partial charge in [0.15, 0.2) is 5.78 Å². The van der Waals surface area contributed by atoms with Crippen LogP contribution >= 0.6 is 31.9 Å². The van der Waals surface area contributed by atoms with Gasteiger partial charge in [-0.1, -0.05) is 6.92 Å². The molecule has 0 saturated heterocycles. The van der Waals surface area contributed by atoms with E-state index in [0.717, 1.165) is 0 Å². The molecule has 0 radical (unpaired) electrons. The van der Waals surface area contributed by atoms with Gasteiger partial charge < -0.3 is 4.74 Å². The first-order chi connectivity index (χ1) is 7.47. The van der Waals surface area contributed by atoms with Gasteiger partial charge in [0, 0.05) is 15.4 Å². The van der Waals surface area contributed by atoms with E-state index in [1.54, 1.807) is 6.92 Å². The molecule has 1 aromatic rings. The predicted molar refractivity (Wildman–Crippen MR) is 63.1 cm³/mol. The molecule has 0 aliphatic rings. The minimum Gasteiger partial charge on any atom is -0.434 e. The molecule has 2 nitrogen and oxygen atoms in total. The van der Waals surface area contributed by atoms with Crippen LogP contribution in [0.4, 0.5) is 8.78 Å². The number of hydrogen-bond donors (Lipinski definition) is 0. The van der Waals surface area contributed by atoms with Gasteiger partial charge >= 0.3 is 6.61 Å². The largest absolute Gasteiger partial charge is 0.434 e. The Kier molecular flexibility index (Phi) is 4.86. The number of halogens is 4. The second kappa shape index (κ2) is 5.72. The second-order valence-electron chi connectivity index (χ2n) is 2.89. The topological polar surface area (TPSA) is 26.3 Å². The standard InChI is InChI=1S/C10H8Br2F2O2/c1-2-6(15)8-7(16-10(13)14)4-3-5(11)9(8)12/h3-4,10H,2H2,1H3. The highest BCUT2D eigenvalue weighted by atomic mass is 79.9. The summed E-state index contributed by atoms with van der Waals surface area (Å²) in [5.74, 6) is -0.374. The molecule has 0 aliphatic carbocycles. The lowest BCUT2D eigenvalue weighted by molar-refractivity contribution is -0.0502. The van der Waals surface area contributed by atoms with Crippen molar-refractivity contribution in [2.24, 2.45) is 0 Å². The van der Waals surface area contributed by atoms with E-state index in [1.807, 2.05) is 0 Å². The lowest BCUT2D eigenvalue weighted by Crippen LogP contribution is -2.08. The predicted octanol–water partition coefficient (Wildman–Crippen LogP) is 4.41. The summed E-state index contributed by atoms with van der Waals surface area (Å²) in [7, 11) is 0. The molecule has 0 spiro atoms. The van der Waals surface area contributed by atoms with Crippen molar-refractivity contribution in [2.75, 3.05) is 0 Å².